The monoisotopic (exact) mass is 238 g/mol. The summed E-state index contributed by atoms with van der Waals surface area (Å²) >= 11 is 0. The van der Waals surface area contributed by atoms with Crippen molar-refractivity contribution in [3.63, 3.8) is 0 Å². The van der Waals surface area contributed by atoms with Gasteiger partial charge in [-0.25, -0.2) is 0 Å². The molecule has 84 valence electrons. The van der Waals surface area contributed by atoms with Crippen molar-refractivity contribution in [2.24, 2.45) is 0 Å². The van der Waals surface area contributed by atoms with E-state index >= 15 is 0 Å². The second-order valence-corrected chi connectivity index (χ2v) is 3.70. The summed E-state index contributed by atoms with van der Waals surface area (Å²) in [5.41, 5.74) is 0. The van der Waals surface area contributed by atoms with Crippen molar-refractivity contribution < 1.29 is 9.53 Å². The molecule has 0 saturated heterocycles. The molecular weight excluding hydrogens is 223 g/mol. The second kappa shape index (κ2) is 6.80. The quantitative estimate of drug-likeness (QED) is 0.467. The molecule has 0 aromatic heterocycles. The fraction of sp³-hybridized carbons (Fsp3) is 0.214. The van der Waals surface area contributed by atoms with Crippen LogP contribution in [0, 0.1) is 0 Å². The van der Waals surface area contributed by atoms with E-state index in [1.807, 2.05) is 49.4 Å². The molecule has 17 heavy (non-hydrogen) atoms. The van der Waals surface area contributed by atoms with E-state index in [0.717, 1.165) is 17.2 Å². The summed E-state index contributed by atoms with van der Waals surface area (Å²) in [7, 11) is 0. The Morgan fingerprint density at radius 1 is 1.12 bits per heavy atom. The number of esters is 1. The van der Waals surface area contributed by atoms with Gasteiger partial charge in [0, 0.05) is 11.8 Å². The summed E-state index contributed by atoms with van der Waals surface area (Å²) < 4.78 is 5.33. The van der Waals surface area contributed by atoms with Crippen molar-refractivity contribution in [2.45, 2.75) is 19.8 Å². The van der Waals surface area contributed by atoms with Gasteiger partial charge < -0.3 is 4.74 Å². The van der Waals surface area contributed by atoms with Crippen LogP contribution in [0.25, 0.3) is 10.8 Å². The standard InChI is InChI=1S/C14H14O2.Na.H/c1-2-6-14(15)16-13-10-5-8-11-7-3-4-9-12(11)13;;/h3-5,7-10H,2,6H2,1H3;;. The third-order valence-electron chi connectivity index (χ3n) is 2.43. The minimum absolute atomic E-state index is 0. The molecular formula is C14H15NaO2. The molecule has 2 nitrogen and oxygen atoms in total. The van der Waals surface area contributed by atoms with E-state index in [4.69, 9.17) is 4.74 Å². The maximum absolute atomic E-state index is 11.4. The topological polar surface area (TPSA) is 26.3 Å². The van der Waals surface area contributed by atoms with Crippen LogP contribution in [-0.2, 0) is 4.79 Å². The zero-order valence-corrected chi connectivity index (χ0v) is 9.27. The minimum atomic E-state index is -0.168. The van der Waals surface area contributed by atoms with Crippen molar-refractivity contribution in [3.8, 4) is 5.75 Å². The van der Waals surface area contributed by atoms with Crippen LogP contribution < -0.4 is 4.74 Å². The van der Waals surface area contributed by atoms with Crippen LogP contribution in [0.4, 0.5) is 0 Å². The molecule has 3 heteroatoms. The SMILES string of the molecule is CCCC(=O)Oc1cccc2ccccc12.[NaH]. The van der Waals surface area contributed by atoms with Gasteiger partial charge in [0.1, 0.15) is 5.75 Å². The fourth-order valence-corrected chi connectivity index (χ4v) is 1.66. The number of fused-ring (bicyclic) bond motifs is 1. The van der Waals surface area contributed by atoms with Crippen molar-refractivity contribution in [3.05, 3.63) is 42.5 Å². The summed E-state index contributed by atoms with van der Waals surface area (Å²) in [6, 6.07) is 13.6. The molecule has 0 fully saturated rings. The van der Waals surface area contributed by atoms with E-state index in [1.54, 1.807) is 0 Å². The first kappa shape index (κ1) is 14.2. The molecule has 2 aromatic carbocycles. The molecule has 0 heterocycles. The normalized spacial score (nSPS) is 9.71. The Bertz CT molecular complexity index is 503. The Balaban J connectivity index is 0.00000144. The number of benzene rings is 2. The molecule has 0 saturated carbocycles. The summed E-state index contributed by atoms with van der Waals surface area (Å²) in [6.45, 7) is 1.96. The van der Waals surface area contributed by atoms with Crippen LogP contribution in [0.1, 0.15) is 19.8 Å². The number of hydrogen-bond acceptors (Lipinski definition) is 2. The molecule has 2 rings (SSSR count). The van der Waals surface area contributed by atoms with Gasteiger partial charge in [-0.1, -0.05) is 43.3 Å². The molecule has 0 unspecified atom stereocenters. The zero-order valence-electron chi connectivity index (χ0n) is 9.27. The Kier molecular flexibility index (Phi) is 5.69. The predicted molar refractivity (Wildman–Crippen MR) is 71.6 cm³/mol. The summed E-state index contributed by atoms with van der Waals surface area (Å²) in [5, 5.41) is 2.07. The average molecular weight is 238 g/mol. The number of ether oxygens (including phenoxy) is 1. The van der Waals surface area contributed by atoms with Gasteiger partial charge in [-0.05, 0) is 17.9 Å². The second-order valence-electron chi connectivity index (χ2n) is 3.70. The van der Waals surface area contributed by atoms with Crippen molar-refractivity contribution in [1.82, 2.24) is 0 Å². The van der Waals surface area contributed by atoms with Crippen LogP contribution in [0.2, 0.25) is 0 Å². The average Bonchev–Trinajstić information content (AvgIpc) is 2.30. The van der Waals surface area contributed by atoms with E-state index in [1.165, 1.54) is 0 Å². The van der Waals surface area contributed by atoms with E-state index in [0.29, 0.717) is 12.2 Å². The molecule has 0 atom stereocenters. The van der Waals surface area contributed by atoms with E-state index in [-0.39, 0.29) is 35.5 Å². The predicted octanol–water partition coefficient (Wildman–Crippen LogP) is 2.90. The summed E-state index contributed by atoms with van der Waals surface area (Å²) in [4.78, 5) is 11.4. The van der Waals surface area contributed by atoms with Crippen LogP contribution in [0.15, 0.2) is 42.5 Å². The maximum atomic E-state index is 11.4. The molecule has 0 aliphatic carbocycles. The van der Waals surface area contributed by atoms with Gasteiger partial charge in [0.15, 0.2) is 0 Å². The number of carbonyl (C=O) groups excluding carboxylic acids is 1. The van der Waals surface area contributed by atoms with Crippen LogP contribution in [0.5, 0.6) is 5.75 Å². The first-order chi connectivity index (χ1) is 7.81. The Morgan fingerprint density at radius 2 is 1.82 bits per heavy atom. The summed E-state index contributed by atoms with van der Waals surface area (Å²) in [5.74, 6) is 0.482. The molecule has 0 aliphatic heterocycles. The van der Waals surface area contributed by atoms with Gasteiger partial charge in [0.05, 0.1) is 0 Å². The van der Waals surface area contributed by atoms with Crippen molar-refractivity contribution in [1.29, 1.82) is 0 Å². The van der Waals surface area contributed by atoms with Crippen LogP contribution in [0.3, 0.4) is 0 Å². The fourth-order valence-electron chi connectivity index (χ4n) is 1.66. The van der Waals surface area contributed by atoms with E-state index < -0.39 is 0 Å². The molecule has 0 amide bonds. The van der Waals surface area contributed by atoms with Crippen LogP contribution in [-0.4, -0.2) is 35.5 Å². The third kappa shape index (κ3) is 3.56. The van der Waals surface area contributed by atoms with Crippen molar-refractivity contribution >= 4 is 46.3 Å². The van der Waals surface area contributed by atoms with Crippen molar-refractivity contribution in [2.75, 3.05) is 0 Å². The molecule has 2 aromatic rings. The Morgan fingerprint density at radius 3 is 2.59 bits per heavy atom. The number of hydrogen-bond donors (Lipinski definition) is 0. The number of carbonyl (C=O) groups is 1. The van der Waals surface area contributed by atoms with E-state index in [2.05, 4.69) is 0 Å². The number of rotatable bonds is 3. The molecule has 0 radical (unpaired) electrons. The zero-order chi connectivity index (χ0) is 11.4. The molecule has 0 spiro atoms. The third-order valence-corrected chi connectivity index (χ3v) is 2.43. The first-order valence-corrected chi connectivity index (χ1v) is 5.49. The Labute approximate surface area is 123 Å². The van der Waals surface area contributed by atoms with Gasteiger partial charge in [0.25, 0.3) is 0 Å². The van der Waals surface area contributed by atoms with Gasteiger partial charge >= 0.3 is 35.5 Å². The van der Waals surface area contributed by atoms with Gasteiger partial charge in [0.2, 0.25) is 0 Å². The van der Waals surface area contributed by atoms with Gasteiger partial charge in [-0.3, -0.25) is 4.79 Å². The first-order valence-electron chi connectivity index (χ1n) is 5.49. The molecule has 0 N–H and O–H groups in total. The summed E-state index contributed by atoms with van der Waals surface area (Å²) in [6.07, 6.45) is 1.27. The van der Waals surface area contributed by atoms with Gasteiger partial charge in [-0.2, -0.15) is 0 Å². The van der Waals surface area contributed by atoms with Gasteiger partial charge in [-0.15, -0.1) is 0 Å². The Hall–Kier alpha value is -0.830. The van der Waals surface area contributed by atoms with Crippen LogP contribution >= 0.6 is 0 Å². The van der Waals surface area contributed by atoms with E-state index in [9.17, 15) is 4.79 Å². The molecule has 0 bridgehead atoms. The molecule has 0 aliphatic rings.